The molecule has 1 aromatic heterocycles. The molecule has 6 nitrogen and oxygen atoms in total. The number of rotatable bonds is 3. The van der Waals surface area contributed by atoms with Gasteiger partial charge in [-0.2, -0.15) is 0 Å². The first kappa shape index (κ1) is 13.3. The van der Waals surface area contributed by atoms with Crippen LogP contribution >= 0.6 is 22.9 Å². The van der Waals surface area contributed by atoms with Crippen molar-refractivity contribution in [2.24, 2.45) is 0 Å². The van der Waals surface area contributed by atoms with Crippen LogP contribution in [0.25, 0.3) is 10.6 Å². The molecule has 8 heteroatoms. The fourth-order valence-corrected chi connectivity index (χ4v) is 2.49. The van der Waals surface area contributed by atoms with Crippen molar-refractivity contribution in [2.45, 2.75) is 0 Å². The minimum atomic E-state index is -0.526. The topological polar surface area (TPSA) is 90.2 Å². The molecule has 0 fully saturated rings. The summed E-state index contributed by atoms with van der Waals surface area (Å²) in [5.74, 6) is 0. The zero-order chi connectivity index (χ0) is 14.0. The van der Waals surface area contributed by atoms with Crippen molar-refractivity contribution in [2.75, 3.05) is 0 Å². The van der Waals surface area contributed by atoms with Gasteiger partial charge in [0.15, 0.2) is 6.29 Å². The van der Waals surface area contributed by atoms with E-state index in [1.165, 1.54) is 24.3 Å². The average molecular weight is 297 g/mol. The number of halogens is 1. The summed E-state index contributed by atoms with van der Waals surface area (Å²) in [6, 6.07) is 5.53. The lowest BCUT2D eigenvalue weighted by atomic mass is 10.2. The van der Waals surface area contributed by atoms with Crippen molar-refractivity contribution in [3.63, 3.8) is 0 Å². The SMILES string of the molecule is O=Cc1c(Cl)nc(-c2ccc([N+](=O)[O-])cc2)sc1=O. The summed E-state index contributed by atoms with van der Waals surface area (Å²) < 4.78 is -0.497. The Morgan fingerprint density at radius 1 is 1.32 bits per heavy atom. The van der Waals surface area contributed by atoms with Crippen molar-refractivity contribution in [1.29, 1.82) is 0 Å². The first-order chi connectivity index (χ1) is 9.02. The van der Waals surface area contributed by atoms with Gasteiger partial charge in [-0.3, -0.25) is 19.7 Å². The number of carbonyl (C=O) groups excluding carboxylic acids is 1. The summed E-state index contributed by atoms with van der Waals surface area (Å²) in [6.45, 7) is 0. The van der Waals surface area contributed by atoms with Crippen LogP contribution in [-0.4, -0.2) is 16.2 Å². The number of aromatic nitrogens is 1. The lowest BCUT2D eigenvalue weighted by Gasteiger charge is -2.01. The molecule has 2 aromatic rings. The van der Waals surface area contributed by atoms with E-state index in [-0.39, 0.29) is 16.4 Å². The molecule has 0 aliphatic carbocycles. The number of nitro benzene ring substituents is 1. The van der Waals surface area contributed by atoms with Crippen LogP contribution in [0.1, 0.15) is 10.4 Å². The zero-order valence-corrected chi connectivity index (χ0v) is 10.8. The van der Waals surface area contributed by atoms with Crippen LogP contribution < -0.4 is 4.74 Å². The van der Waals surface area contributed by atoms with Gasteiger partial charge in [0.05, 0.1) is 4.92 Å². The standard InChI is InChI=1S/C11H5ClN2O4S/c12-9-8(5-15)11(16)19-10(13-9)6-1-3-7(4-2-6)14(17)18/h1-5H. The second-order valence-electron chi connectivity index (χ2n) is 3.43. The number of nitrogens with zero attached hydrogens (tertiary/aromatic N) is 2. The smallest absolute Gasteiger partial charge is 0.269 e. The van der Waals surface area contributed by atoms with E-state index in [4.69, 9.17) is 11.6 Å². The number of hydrogen-bond donors (Lipinski definition) is 0. The van der Waals surface area contributed by atoms with Gasteiger partial charge in [0.1, 0.15) is 15.7 Å². The van der Waals surface area contributed by atoms with Crippen LogP contribution in [0.2, 0.25) is 5.15 Å². The fraction of sp³-hybridized carbons (Fsp3) is 0. The third-order valence-electron chi connectivity index (χ3n) is 2.27. The number of hydrogen-bond acceptors (Lipinski definition) is 6. The molecule has 0 bridgehead atoms. The lowest BCUT2D eigenvalue weighted by molar-refractivity contribution is -0.384. The Bertz CT molecular complexity index is 712. The predicted octanol–water partition coefficient (Wildman–Crippen LogP) is 2.54. The van der Waals surface area contributed by atoms with E-state index in [1.807, 2.05) is 0 Å². The average Bonchev–Trinajstić information content (AvgIpc) is 2.38. The van der Waals surface area contributed by atoms with E-state index >= 15 is 0 Å². The molecule has 0 N–H and O–H groups in total. The van der Waals surface area contributed by atoms with Crippen molar-refractivity contribution in [3.8, 4) is 10.6 Å². The van der Waals surface area contributed by atoms with Crippen LogP contribution in [0.15, 0.2) is 29.1 Å². The lowest BCUT2D eigenvalue weighted by Crippen LogP contribution is -2.06. The Hall–Kier alpha value is -2.12. The molecule has 0 amide bonds. The third-order valence-corrected chi connectivity index (χ3v) is 3.49. The summed E-state index contributed by atoms with van der Waals surface area (Å²) in [7, 11) is 0. The molecule has 1 aromatic carbocycles. The van der Waals surface area contributed by atoms with E-state index in [0.29, 0.717) is 16.9 Å². The van der Waals surface area contributed by atoms with E-state index in [2.05, 4.69) is 4.98 Å². The van der Waals surface area contributed by atoms with Crippen molar-refractivity contribution in [1.82, 2.24) is 4.98 Å². The molecule has 96 valence electrons. The number of benzene rings is 1. The molecule has 2 rings (SSSR count). The number of non-ortho nitro benzene ring substituents is 1. The molecule has 0 aliphatic heterocycles. The molecule has 0 saturated heterocycles. The van der Waals surface area contributed by atoms with Gasteiger partial charge in [0, 0.05) is 17.7 Å². The summed E-state index contributed by atoms with van der Waals surface area (Å²) in [6.07, 6.45) is 0.355. The molecular weight excluding hydrogens is 292 g/mol. The van der Waals surface area contributed by atoms with Gasteiger partial charge >= 0.3 is 0 Å². The first-order valence-electron chi connectivity index (χ1n) is 4.93. The molecular formula is C11H5ClN2O4S. The molecule has 0 saturated carbocycles. The van der Waals surface area contributed by atoms with Gasteiger partial charge in [-0.1, -0.05) is 22.9 Å². The molecule has 0 atom stereocenters. The largest absolute Gasteiger partial charge is 0.298 e. The Labute approximate surface area is 115 Å². The maximum absolute atomic E-state index is 11.6. The van der Waals surface area contributed by atoms with Gasteiger partial charge in [-0.25, -0.2) is 4.98 Å². The van der Waals surface area contributed by atoms with Crippen LogP contribution in [0, 0.1) is 10.1 Å². The van der Waals surface area contributed by atoms with Gasteiger partial charge in [-0.15, -0.1) is 0 Å². The highest BCUT2D eigenvalue weighted by Crippen LogP contribution is 2.24. The van der Waals surface area contributed by atoms with Crippen LogP contribution in [0.4, 0.5) is 5.69 Å². The van der Waals surface area contributed by atoms with Crippen molar-refractivity contribution < 1.29 is 9.72 Å². The highest BCUT2D eigenvalue weighted by molar-refractivity contribution is 7.12. The minimum absolute atomic E-state index is 0.0632. The minimum Gasteiger partial charge on any atom is -0.298 e. The van der Waals surface area contributed by atoms with Gasteiger partial charge in [0.2, 0.25) is 4.74 Å². The summed E-state index contributed by atoms with van der Waals surface area (Å²) in [4.78, 5) is 36.1. The summed E-state index contributed by atoms with van der Waals surface area (Å²) in [5.41, 5.74) is 0.274. The van der Waals surface area contributed by atoms with E-state index in [9.17, 15) is 19.7 Å². The maximum Gasteiger partial charge on any atom is 0.269 e. The molecule has 1 heterocycles. The van der Waals surface area contributed by atoms with E-state index in [0.717, 1.165) is 11.3 Å². The second kappa shape index (κ2) is 5.25. The molecule has 0 unspecified atom stereocenters. The van der Waals surface area contributed by atoms with Crippen LogP contribution in [0.5, 0.6) is 0 Å². The molecule has 0 radical (unpaired) electrons. The number of carbonyl (C=O) groups is 1. The molecule has 19 heavy (non-hydrogen) atoms. The van der Waals surface area contributed by atoms with Gasteiger partial charge in [0.25, 0.3) is 5.69 Å². The zero-order valence-electron chi connectivity index (χ0n) is 9.20. The van der Waals surface area contributed by atoms with Gasteiger partial charge < -0.3 is 0 Å². The highest BCUT2D eigenvalue weighted by Gasteiger charge is 2.12. The Balaban J connectivity index is 2.50. The molecule has 0 spiro atoms. The highest BCUT2D eigenvalue weighted by atomic mass is 35.5. The van der Waals surface area contributed by atoms with E-state index in [1.54, 1.807) is 0 Å². The van der Waals surface area contributed by atoms with Crippen molar-refractivity contribution in [3.05, 3.63) is 54.6 Å². The summed E-state index contributed by atoms with van der Waals surface area (Å²) >= 11 is 6.48. The Kier molecular flexibility index (Phi) is 3.68. The Morgan fingerprint density at radius 3 is 2.42 bits per heavy atom. The van der Waals surface area contributed by atoms with Crippen molar-refractivity contribution >= 4 is 34.9 Å². The van der Waals surface area contributed by atoms with Gasteiger partial charge in [-0.05, 0) is 12.1 Å². The normalized spacial score (nSPS) is 10.2. The Morgan fingerprint density at radius 2 is 1.95 bits per heavy atom. The number of aldehydes is 1. The summed E-state index contributed by atoms with van der Waals surface area (Å²) in [5, 5.41) is 10.7. The number of nitro groups is 1. The van der Waals surface area contributed by atoms with Crippen LogP contribution in [0.3, 0.4) is 0 Å². The first-order valence-corrected chi connectivity index (χ1v) is 6.13. The quantitative estimate of drug-likeness (QED) is 0.493. The predicted molar refractivity (Wildman–Crippen MR) is 70.9 cm³/mol. The third kappa shape index (κ3) is 2.67. The van der Waals surface area contributed by atoms with Crippen LogP contribution in [-0.2, 0) is 0 Å². The maximum atomic E-state index is 11.6. The monoisotopic (exact) mass is 296 g/mol. The van der Waals surface area contributed by atoms with E-state index < -0.39 is 9.67 Å². The molecule has 0 aliphatic rings. The fourth-order valence-electron chi connectivity index (χ4n) is 1.35. The second-order valence-corrected chi connectivity index (χ2v) is 4.75.